The molecule has 0 atom stereocenters. The Morgan fingerprint density at radius 1 is 1.03 bits per heavy atom. The number of oxazole rings is 1. The summed E-state index contributed by atoms with van der Waals surface area (Å²) in [7, 11) is 0. The van der Waals surface area contributed by atoms with E-state index in [2.05, 4.69) is 10.3 Å². The number of anilines is 2. The van der Waals surface area contributed by atoms with Gasteiger partial charge in [0, 0.05) is 35.4 Å². The second kappa shape index (κ2) is 9.56. The van der Waals surface area contributed by atoms with Gasteiger partial charge in [-0.3, -0.25) is 14.9 Å². The van der Waals surface area contributed by atoms with E-state index in [0.29, 0.717) is 44.0 Å². The number of nitro groups is 1. The van der Waals surface area contributed by atoms with Crippen molar-refractivity contribution in [2.24, 2.45) is 0 Å². The molecule has 0 spiro atoms. The fourth-order valence-electron chi connectivity index (χ4n) is 4.20. The highest BCUT2D eigenvalue weighted by molar-refractivity contribution is 6.36. The number of nitro benzene ring substituents is 1. The Balaban J connectivity index is 1.39. The number of carbonyl (C=O) groups excluding carboxylic acids is 1. The fourth-order valence-corrected chi connectivity index (χ4v) is 4.69. The van der Waals surface area contributed by atoms with Gasteiger partial charge in [0.2, 0.25) is 5.89 Å². The quantitative estimate of drug-likeness (QED) is 0.230. The molecule has 3 aromatic carbocycles. The third-order valence-corrected chi connectivity index (χ3v) is 6.49. The number of rotatable bonds is 5. The molecule has 0 unspecified atom stereocenters. The van der Waals surface area contributed by atoms with Gasteiger partial charge < -0.3 is 14.6 Å². The molecule has 1 N–H and O–H groups in total. The average Bonchev–Trinajstić information content (AvgIpc) is 3.27. The smallest absolute Gasteiger partial charge is 0.293 e. The molecule has 35 heavy (non-hydrogen) atoms. The van der Waals surface area contributed by atoms with E-state index in [0.717, 1.165) is 32.4 Å². The van der Waals surface area contributed by atoms with Crippen molar-refractivity contribution in [3.05, 3.63) is 80.3 Å². The molecule has 178 valence electrons. The first-order valence-corrected chi connectivity index (χ1v) is 11.9. The maximum absolute atomic E-state index is 12.9. The van der Waals surface area contributed by atoms with E-state index in [9.17, 15) is 14.9 Å². The molecule has 1 saturated heterocycles. The third-order valence-electron chi connectivity index (χ3n) is 5.94. The second-order valence-electron chi connectivity index (χ2n) is 8.29. The number of carbonyl (C=O) groups is 1. The Bertz CT molecular complexity index is 1450. The van der Waals surface area contributed by atoms with Gasteiger partial charge in [-0.2, -0.15) is 0 Å². The highest BCUT2D eigenvalue weighted by Gasteiger charge is 2.23. The van der Waals surface area contributed by atoms with Gasteiger partial charge in [-0.15, -0.1) is 0 Å². The van der Waals surface area contributed by atoms with Crippen LogP contribution in [0.4, 0.5) is 17.1 Å². The Morgan fingerprint density at radius 2 is 1.83 bits per heavy atom. The number of fused-ring (bicyclic) bond motifs is 1. The van der Waals surface area contributed by atoms with Crippen LogP contribution in [-0.2, 0) is 0 Å². The minimum atomic E-state index is -0.456. The number of nitrogens with one attached hydrogen (secondary N) is 1. The highest BCUT2D eigenvalue weighted by Crippen LogP contribution is 2.34. The predicted octanol–water partition coefficient (Wildman–Crippen LogP) is 6.95. The van der Waals surface area contributed by atoms with Gasteiger partial charge in [-0.05, 0) is 67.8 Å². The first-order chi connectivity index (χ1) is 16.9. The van der Waals surface area contributed by atoms with Gasteiger partial charge in [0.1, 0.15) is 11.2 Å². The first-order valence-electron chi connectivity index (χ1n) is 11.1. The minimum absolute atomic E-state index is 0.0732. The zero-order chi connectivity index (χ0) is 24.5. The van der Waals surface area contributed by atoms with E-state index in [4.69, 9.17) is 27.6 Å². The van der Waals surface area contributed by atoms with Crippen LogP contribution in [0.1, 0.15) is 29.6 Å². The van der Waals surface area contributed by atoms with Gasteiger partial charge >= 0.3 is 0 Å². The fraction of sp³-hybridized carbons (Fsp3) is 0.200. The molecule has 8 nitrogen and oxygen atoms in total. The standard InChI is InChI=1S/C25H20Cl2N4O4/c26-16-5-7-18(19(27)13-16)25-29-20-14-17(6-9-23(20)35-25)28-24(32)15-4-8-21(22(12-15)31(33)34)30-10-2-1-3-11-30/h4-9,12-14H,1-3,10-11H2,(H,28,32). The number of halogens is 2. The number of hydrogen-bond acceptors (Lipinski definition) is 6. The summed E-state index contributed by atoms with van der Waals surface area (Å²) in [6, 6.07) is 14.6. The Hall–Kier alpha value is -3.62. The summed E-state index contributed by atoms with van der Waals surface area (Å²) in [4.78, 5) is 30.7. The molecule has 1 aliphatic rings. The minimum Gasteiger partial charge on any atom is -0.436 e. The van der Waals surface area contributed by atoms with Crippen LogP contribution in [0.3, 0.4) is 0 Å². The zero-order valence-electron chi connectivity index (χ0n) is 18.5. The van der Waals surface area contributed by atoms with E-state index in [1.165, 1.54) is 6.07 Å². The maximum atomic E-state index is 12.9. The van der Waals surface area contributed by atoms with Crippen molar-refractivity contribution in [2.45, 2.75) is 19.3 Å². The molecular weight excluding hydrogens is 491 g/mol. The number of nitrogens with zero attached hydrogens (tertiary/aromatic N) is 3. The van der Waals surface area contributed by atoms with Crippen molar-refractivity contribution in [1.29, 1.82) is 0 Å². The highest BCUT2D eigenvalue weighted by atomic mass is 35.5. The van der Waals surface area contributed by atoms with Crippen molar-refractivity contribution < 1.29 is 14.1 Å². The number of hydrogen-bond donors (Lipinski definition) is 1. The summed E-state index contributed by atoms with van der Waals surface area (Å²) in [5, 5.41) is 15.4. The maximum Gasteiger partial charge on any atom is 0.293 e. The monoisotopic (exact) mass is 510 g/mol. The molecule has 5 rings (SSSR count). The lowest BCUT2D eigenvalue weighted by atomic mass is 10.1. The molecule has 4 aromatic rings. The Morgan fingerprint density at radius 3 is 2.57 bits per heavy atom. The van der Waals surface area contributed by atoms with Crippen molar-refractivity contribution in [3.8, 4) is 11.5 Å². The Labute approximate surface area is 210 Å². The van der Waals surface area contributed by atoms with Gasteiger partial charge in [0.25, 0.3) is 11.6 Å². The van der Waals surface area contributed by atoms with E-state index in [1.807, 2.05) is 4.90 Å². The Kier molecular flexibility index (Phi) is 6.32. The lowest BCUT2D eigenvalue weighted by molar-refractivity contribution is -0.384. The summed E-state index contributed by atoms with van der Waals surface area (Å²) in [6.07, 6.45) is 3.11. The molecular formula is C25H20Cl2N4O4. The van der Waals surface area contributed by atoms with Crippen molar-refractivity contribution >= 4 is 57.3 Å². The van der Waals surface area contributed by atoms with E-state index < -0.39 is 10.8 Å². The van der Waals surface area contributed by atoms with Gasteiger partial charge in [0.15, 0.2) is 5.58 Å². The lowest BCUT2D eigenvalue weighted by Gasteiger charge is -2.28. The molecule has 10 heteroatoms. The predicted molar refractivity (Wildman–Crippen MR) is 137 cm³/mol. The van der Waals surface area contributed by atoms with E-state index >= 15 is 0 Å². The van der Waals surface area contributed by atoms with Crippen LogP contribution < -0.4 is 10.2 Å². The van der Waals surface area contributed by atoms with E-state index in [-0.39, 0.29) is 11.3 Å². The van der Waals surface area contributed by atoms with Crippen LogP contribution >= 0.6 is 23.2 Å². The number of benzene rings is 3. The molecule has 0 saturated carbocycles. The third kappa shape index (κ3) is 4.80. The molecule has 2 heterocycles. The van der Waals surface area contributed by atoms with Crippen LogP contribution in [0.15, 0.2) is 59.0 Å². The molecule has 1 amide bonds. The number of amides is 1. The van der Waals surface area contributed by atoms with Gasteiger partial charge in [0.05, 0.1) is 15.5 Å². The van der Waals surface area contributed by atoms with Crippen molar-refractivity contribution in [3.63, 3.8) is 0 Å². The van der Waals surface area contributed by atoms with Crippen LogP contribution in [0, 0.1) is 10.1 Å². The summed E-state index contributed by atoms with van der Waals surface area (Å²) in [5.74, 6) is -0.129. The van der Waals surface area contributed by atoms with E-state index in [1.54, 1.807) is 48.5 Å². The average molecular weight is 511 g/mol. The summed E-state index contributed by atoms with van der Waals surface area (Å²) in [5.41, 5.74) is 2.79. The molecule has 1 aliphatic heterocycles. The molecule has 0 aliphatic carbocycles. The largest absolute Gasteiger partial charge is 0.436 e. The summed E-state index contributed by atoms with van der Waals surface area (Å²) >= 11 is 12.2. The molecule has 1 fully saturated rings. The van der Waals surface area contributed by atoms with Crippen LogP contribution in [0.5, 0.6) is 0 Å². The molecule has 0 bridgehead atoms. The SMILES string of the molecule is O=C(Nc1ccc2oc(-c3ccc(Cl)cc3Cl)nc2c1)c1ccc(N2CCCCC2)c([N+](=O)[O-])c1. The lowest BCUT2D eigenvalue weighted by Crippen LogP contribution is -2.30. The summed E-state index contributed by atoms with van der Waals surface area (Å²) in [6.45, 7) is 1.54. The van der Waals surface area contributed by atoms with Crippen LogP contribution in [0.25, 0.3) is 22.6 Å². The second-order valence-corrected chi connectivity index (χ2v) is 9.13. The zero-order valence-corrected chi connectivity index (χ0v) is 20.0. The normalized spacial score (nSPS) is 13.7. The van der Waals surface area contributed by atoms with Gasteiger partial charge in [-0.25, -0.2) is 4.98 Å². The van der Waals surface area contributed by atoms with Gasteiger partial charge in [-0.1, -0.05) is 23.2 Å². The summed E-state index contributed by atoms with van der Waals surface area (Å²) < 4.78 is 5.80. The molecule has 0 radical (unpaired) electrons. The number of piperidine rings is 1. The number of aromatic nitrogens is 1. The van der Waals surface area contributed by atoms with Crippen LogP contribution in [0.2, 0.25) is 10.0 Å². The first kappa shape index (κ1) is 23.1. The van der Waals surface area contributed by atoms with Crippen molar-refractivity contribution in [2.75, 3.05) is 23.3 Å². The topological polar surface area (TPSA) is 102 Å². The van der Waals surface area contributed by atoms with Crippen LogP contribution in [-0.4, -0.2) is 28.9 Å². The molecule has 1 aromatic heterocycles. The van der Waals surface area contributed by atoms with Crippen molar-refractivity contribution in [1.82, 2.24) is 4.98 Å².